The Bertz CT molecular complexity index is 702. The summed E-state index contributed by atoms with van der Waals surface area (Å²) in [6.45, 7) is 1.84. The number of amides is 1. The monoisotopic (exact) mass is 266 g/mol. The van der Waals surface area contributed by atoms with Crippen LogP contribution in [0.5, 0.6) is 5.75 Å². The maximum atomic E-state index is 12.4. The zero-order valence-electron chi connectivity index (χ0n) is 11.3. The third-order valence-corrected chi connectivity index (χ3v) is 3.05. The molecule has 100 valence electrons. The van der Waals surface area contributed by atoms with E-state index in [0.29, 0.717) is 11.3 Å². The molecule has 4 nitrogen and oxygen atoms in total. The van der Waals surface area contributed by atoms with Crippen LogP contribution in [-0.4, -0.2) is 18.1 Å². The van der Waals surface area contributed by atoms with Gasteiger partial charge in [-0.25, -0.2) is 0 Å². The fourth-order valence-electron chi connectivity index (χ4n) is 1.90. The summed E-state index contributed by atoms with van der Waals surface area (Å²) in [5.74, 6) is -0.365. The molecule has 0 unspecified atom stereocenters. The Morgan fingerprint density at radius 3 is 2.65 bits per heavy atom. The fourth-order valence-corrected chi connectivity index (χ4v) is 1.90. The van der Waals surface area contributed by atoms with Gasteiger partial charge in [-0.3, -0.25) is 4.79 Å². The predicted octanol–water partition coefficient (Wildman–Crippen LogP) is 2.85. The summed E-state index contributed by atoms with van der Waals surface area (Å²) in [7, 11) is 1.61. The van der Waals surface area contributed by atoms with Crippen LogP contribution >= 0.6 is 0 Å². The Balaban J connectivity index is 2.35. The van der Waals surface area contributed by atoms with E-state index in [1.165, 1.54) is 4.90 Å². The lowest BCUT2D eigenvalue weighted by atomic mass is 10.1. The number of carbonyl (C=O) groups is 1. The number of phenols is 1. The molecule has 0 aromatic heterocycles. The predicted molar refractivity (Wildman–Crippen MR) is 76.7 cm³/mol. The van der Waals surface area contributed by atoms with Gasteiger partial charge in [-0.1, -0.05) is 12.1 Å². The van der Waals surface area contributed by atoms with E-state index in [2.05, 4.69) is 0 Å². The lowest BCUT2D eigenvalue weighted by molar-refractivity contribution is 0.0990. The molecule has 0 heterocycles. The van der Waals surface area contributed by atoms with Gasteiger partial charge in [0.1, 0.15) is 5.75 Å². The van der Waals surface area contributed by atoms with Crippen LogP contribution in [0.15, 0.2) is 42.5 Å². The smallest absolute Gasteiger partial charge is 0.261 e. The molecule has 2 rings (SSSR count). The van der Waals surface area contributed by atoms with Crippen LogP contribution < -0.4 is 4.90 Å². The van der Waals surface area contributed by atoms with E-state index < -0.39 is 0 Å². The molecule has 4 heteroatoms. The van der Waals surface area contributed by atoms with E-state index in [9.17, 15) is 9.90 Å². The largest absolute Gasteiger partial charge is 0.507 e. The van der Waals surface area contributed by atoms with Crippen molar-refractivity contribution in [3.05, 3.63) is 59.2 Å². The van der Waals surface area contributed by atoms with Gasteiger partial charge < -0.3 is 10.0 Å². The quantitative estimate of drug-likeness (QED) is 0.909. The first-order valence-electron chi connectivity index (χ1n) is 6.11. The summed E-state index contributed by atoms with van der Waals surface area (Å²) in [4.78, 5) is 13.8. The lowest BCUT2D eigenvalue weighted by Crippen LogP contribution is -2.26. The summed E-state index contributed by atoms with van der Waals surface area (Å²) in [6, 6.07) is 13.7. The molecule has 0 saturated heterocycles. The number of carbonyl (C=O) groups excluding carboxylic acids is 1. The topological polar surface area (TPSA) is 64.3 Å². The van der Waals surface area contributed by atoms with Crippen LogP contribution in [0.4, 0.5) is 5.69 Å². The third-order valence-electron chi connectivity index (χ3n) is 3.05. The van der Waals surface area contributed by atoms with E-state index in [4.69, 9.17) is 5.26 Å². The Hall–Kier alpha value is -2.80. The third kappa shape index (κ3) is 2.62. The Labute approximate surface area is 117 Å². The van der Waals surface area contributed by atoms with Gasteiger partial charge in [-0.15, -0.1) is 0 Å². The van der Waals surface area contributed by atoms with Crippen LogP contribution in [0, 0.1) is 18.3 Å². The second kappa shape index (κ2) is 5.45. The van der Waals surface area contributed by atoms with Gasteiger partial charge in [0, 0.05) is 12.7 Å². The van der Waals surface area contributed by atoms with E-state index in [1.54, 1.807) is 49.5 Å². The minimum Gasteiger partial charge on any atom is -0.507 e. The maximum absolute atomic E-state index is 12.4. The molecule has 0 fully saturated rings. The average Bonchev–Trinajstić information content (AvgIpc) is 2.46. The van der Waals surface area contributed by atoms with Crippen molar-refractivity contribution in [3.8, 4) is 11.8 Å². The molecule has 0 bridgehead atoms. The molecule has 0 aliphatic carbocycles. The summed E-state index contributed by atoms with van der Waals surface area (Å²) >= 11 is 0. The summed E-state index contributed by atoms with van der Waals surface area (Å²) in [5, 5.41) is 18.7. The highest BCUT2D eigenvalue weighted by Crippen LogP contribution is 2.23. The summed E-state index contributed by atoms with van der Waals surface area (Å²) < 4.78 is 0. The highest BCUT2D eigenvalue weighted by atomic mass is 16.3. The van der Waals surface area contributed by atoms with Crippen LogP contribution in [0.3, 0.4) is 0 Å². The van der Waals surface area contributed by atoms with Crippen molar-refractivity contribution >= 4 is 11.6 Å². The minimum atomic E-state index is -0.322. The van der Waals surface area contributed by atoms with Crippen LogP contribution in [-0.2, 0) is 0 Å². The number of hydrogen-bond acceptors (Lipinski definition) is 3. The average molecular weight is 266 g/mol. The molecular formula is C16H14N2O2. The van der Waals surface area contributed by atoms with Gasteiger partial charge in [0.25, 0.3) is 5.91 Å². The van der Waals surface area contributed by atoms with E-state index in [0.717, 1.165) is 5.56 Å². The van der Waals surface area contributed by atoms with Crippen molar-refractivity contribution in [1.82, 2.24) is 0 Å². The molecular weight excluding hydrogens is 252 g/mol. The molecule has 2 aromatic carbocycles. The molecule has 1 N–H and O–H groups in total. The fraction of sp³-hybridized carbons (Fsp3) is 0.125. The first kappa shape index (κ1) is 13.6. The number of phenolic OH excluding ortho intramolecular Hbond substituents is 1. The number of nitriles is 1. The molecule has 0 saturated carbocycles. The van der Waals surface area contributed by atoms with Crippen LogP contribution in [0.25, 0.3) is 0 Å². The highest BCUT2D eigenvalue weighted by Gasteiger charge is 2.17. The molecule has 0 aliphatic rings. The number of aryl methyl sites for hydroxylation is 1. The van der Waals surface area contributed by atoms with Gasteiger partial charge in [0.15, 0.2) is 0 Å². The highest BCUT2D eigenvalue weighted by molar-refractivity contribution is 6.07. The number of aromatic hydroxyl groups is 1. The maximum Gasteiger partial charge on any atom is 0.261 e. The zero-order valence-corrected chi connectivity index (χ0v) is 11.3. The molecule has 0 spiro atoms. The van der Waals surface area contributed by atoms with Gasteiger partial charge in [0.2, 0.25) is 0 Å². The molecule has 0 aliphatic heterocycles. The van der Waals surface area contributed by atoms with Crippen LogP contribution in [0.2, 0.25) is 0 Å². The summed E-state index contributed by atoms with van der Waals surface area (Å²) in [5.41, 5.74) is 2.21. The Morgan fingerprint density at radius 2 is 2.00 bits per heavy atom. The second-order valence-electron chi connectivity index (χ2n) is 4.55. The van der Waals surface area contributed by atoms with Gasteiger partial charge >= 0.3 is 0 Å². The van der Waals surface area contributed by atoms with Crippen molar-refractivity contribution in [2.24, 2.45) is 0 Å². The van der Waals surface area contributed by atoms with E-state index in [1.807, 2.05) is 13.0 Å². The number of hydrogen-bond donors (Lipinski definition) is 1. The summed E-state index contributed by atoms with van der Waals surface area (Å²) in [6.07, 6.45) is 0. The van der Waals surface area contributed by atoms with Crippen molar-refractivity contribution < 1.29 is 9.90 Å². The SMILES string of the molecule is Cc1ccc(C(=O)N(C)c2cccc(C#N)c2)c(O)c1. The first-order valence-corrected chi connectivity index (χ1v) is 6.11. The molecule has 0 atom stereocenters. The van der Waals surface area contributed by atoms with Crippen molar-refractivity contribution in [3.63, 3.8) is 0 Å². The van der Waals surface area contributed by atoms with Gasteiger partial charge in [-0.2, -0.15) is 5.26 Å². The first-order chi connectivity index (χ1) is 9.52. The number of rotatable bonds is 2. The van der Waals surface area contributed by atoms with Crippen LogP contribution in [0.1, 0.15) is 21.5 Å². The van der Waals surface area contributed by atoms with E-state index in [-0.39, 0.29) is 17.2 Å². The van der Waals surface area contributed by atoms with Crippen molar-refractivity contribution in [2.45, 2.75) is 6.92 Å². The number of benzene rings is 2. The standard InChI is InChI=1S/C16H14N2O2/c1-11-6-7-14(15(19)8-11)16(20)18(2)13-5-3-4-12(9-13)10-17/h3-9,19H,1-2H3. The molecule has 0 radical (unpaired) electrons. The van der Waals surface area contributed by atoms with Gasteiger partial charge in [0.05, 0.1) is 17.2 Å². The minimum absolute atomic E-state index is 0.0433. The molecule has 1 amide bonds. The van der Waals surface area contributed by atoms with Crippen molar-refractivity contribution in [1.29, 1.82) is 5.26 Å². The molecule has 2 aromatic rings. The van der Waals surface area contributed by atoms with E-state index >= 15 is 0 Å². The lowest BCUT2D eigenvalue weighted by Gasteiger charge is -2.18. The van der Waals surface area contributed by atoms with Gasteiger partial charge in [-0.05, 0) is 42.8 Å². The molecule has 20 heavy (non-hydrogen) atoms. The Morgan fingerprint density at radius 1 is 1.25 bits per heavy atom. The van der Waals surface area contributed by atoms with Crippen molar-refractivity contribution in [2.75, 3.05) is 11.9 Å². The second-order valence-corrected chi connectivity index (χ2v) is 4.55. The number of nitrogens with zero attached hydrogens (tertiary/aromatic N) is 2. The Kier molecular flexibility index (Phi) is 3.72. The number of anilines is 1. The zero-order chi connectivity index (χ0) is 14.7. The normalized spacial score (nSPS) is 9.85.